The van der Waals surface area contributed by atoms with Crippen molar-refractivity contribution in [3.8, 4) is 5.75 Å². The fourth-order valence-electron chi connectivity index (χ4n) is 8.80. The highest BCUT2D eigenvalue weighted by molar-refractivity contribution is 7.81. The zero-order valence-electron chi connectivity index (χ0n) is 40.9. The van der Waals surface area contributed by atoms with E-state index in [0.29, 0.717) is 0 Å². The number of nitrogens with two attached hydrogens (primary N) is 1. The van der Waals surface area contributed by atoms with Crippen LogP contribution in [0.2, 0.25) is 0 Å². The van der Waals surface area contributed by atoms with Gasteiger partial charge in [-0.1, -0.05) is 0 Å². The molecule has 5 aliphatic rings. The fourth-order valence-corrected chi connectivity index (χ4v) is 9.41. The minimum Gasteiger partial charge on any atom is -0.479 e. The number of anilines is 1. The number of hydrogen-bond donors (Lipinski definition) is 17. The first kappa shape index (κ1) is 64.4. The summed E-state index contributed by atoms with van der Waals surface area (Å²) in [6, 6.07) is 1.08. The topological polar surface area (TPSA) is 598 Å². The average Bonchev–Trinajstić information content (AvgIpc) is 3.35. The van der Waals surface area contributed by atoms with Gasteiger partial charge in [0.1, 0.15) is 109 Å². The van der Waals surface area contributed by atoms with Crippen molar-refractivity contribution in [2.75, 3.05) is 18.9 Å². The molecular formula is C40H57N3O35S2. The van der Waals surface area contributed by atoms with Gasteiger partial charge in [-0.05, 0) is 24.3 Å². The molecule has 5 heterocycles. The monoisotopic (exact) mass is 1200 g/mol. The molecule has 80 heavy (non-hydrogen) atoms. The fraction of sp³-hybridized carbons (Fsp3) is 0.725. The summed E-state index contributed by atoms with van der Waals surface area (Å²) >= 11 is 0. The van der Waals surface area contributed by atoms with Crippen molar-refractivity contribution in [1.29, 1.82) is 0 Å². The Morgan fingerprint density at radius 1 is 0.475 bits per heavy atom. The standard InChI is InChI=1S/C40H57N3O35S2/c1-9(44)42-15-26(72-39-23(52)19(48)20(49)30(76-39)33(55)56)17(46)13(7-67-79(61,62)63)70-36(15)75-29-22(51)25(54)40(78-32(29)35(59)60)73-27-16(43-10(2)45)37(71-14(18(27)47)8-68-80(64,65)66)74-28-21(50)24(53)38(77-31(28)34(57)58)69-12-5-3-11(41)4-6-12/h3-6,13-32,36-40,46-54H,7-8,41H2,1-2H3,(H,42,44)(H,43,45)(H,55,56)(H,57,58)(H,59,60)(H,61,62,63)(H,64,65,66)/t13?,14?,15?,16?,17-,18-,19-,20-,21+,22+,23?,24?,25?,26+,27+,28-,29-,30?,31?,32?,36-,37-,38+,39+,40+/m0/s1. The Bertz CT molecular complexity index is 2570. The van der Waals surface area contributed by atoms with E-state index in [4.69, 9.17) is 53.1 Å². The summed E-state index contributed by atoms with van der Waals surface area (Å²) in [7, 11) is -10.8. The van der Waals surface area contributed by atoms with Gasteiger partial charge in [-0.15, -0.1) is 0 Å². The van der Waals surface area contributed by atoms with E-state index in [2.05, 4.69) is 19.0 Å². The van der Waals surface area contributed by atoms with Crippen LogP contribution in [0.5, 0.6) is 5.75 Å². The van der Waals surface area contributed by atoms with Crippen molar-refractivity contribution < 1.29 is 167 Å². The molecule has 0 aromatic heterocycles. The maximum Gasteiger partial charge on any atom is 0.397 e. The van der Waals surface area contributed by atoms with Gasteiger partial charge in [0.15, 0.2) is 43.5 Å². The molecule has 1 aromatic rings. The Labute approximate surface area is 449 Å². The first-order chi connectivity index (χ1) is 37.2. The smallest absolute Gasteiger partial charge is 0.397 e. The molecule has 10 unspecified atom stereocenters. The third kappa shape index (κ3) is 15.4. The van der Waals surface area contributed by atoms with E-state index in [-0.39, 0.29) is 11.4 Å². The lowest BCUT2D eigenvalue weighted by Gasteiger charge is -2.50. The van der Waals surface area contributed by atoms with Gasteiger partial charge in [-0.3, -0.25) is 18.7 Å². The molecule has 5 fully saturated rings. The Kier molecular flexibility index (Phi) is 21.1. The Morgan fingerprint density at radius 3 is 1.20 bits per heavy atom. The molecule has 0 radical (unpaired) electrons. The van der Waals surface area contributed by atoms with E-state index < -0.39 is 217 Å². The van der Waals surface area contributed by atoms with Gasteiger partial charge in [0, 0.05) is 19.5 Å². The van der Waals surface area contributed by atoms with Gasteiger partial charge in [0.25, 0.3) is 0 Å². The molecule has 0 saturated carbocycles. The molecule has 0 bridgehead atoms. The zero-order valence-corrected chi connectivity index (χ0v) is 42.5. The molecule has 0 aliphatic carbocycles. The molecule has 5 saturated heterocycles. The van der Waals surface area contributed by atoms with Gasteiger partial charge in [0.2, 0.25) is 18.1 Å². The van der Waals surface area contributed by atoms with Crippen LogP contribution >= 0.6 is 0 Å². The lowest BCUT2D eigenvalue weighted by molar-refractivity contribution is -0.373. The minimum absolute atomic E-state index is 0.0427. The minimum atomic E-state index is -5.41. The van der Waals surface area contributed by atoms with Crippen LogP contribution in [0.15, 0.2) is 24.3 Å². The van der Waals surface area contributed by atoms with Crippen LogP contribution in [0.25, 0.3) is 0 Å². The highest BCUT2D eigenvalue weighted by Gasteiger charge is 2.59. The largest absolute Gasteiger partial charge is 0.479 e. The first-order valence-electron chi connectivity index (χ1n) is 23.2. The lowest BCUT2D eigenvalue weighted by Crippen LogP contribution is -2.71. The number of nitrogens with one attached hydrogen (secondary N) is 2. The number of aliphatic carboxylic acids is 3. The normalized spacial score (nSPS) is 40.7. The molecule has 6 rings (SSSR count). The number of amides is 2. The van der Waals surface area contributed by atoms with Crippen LogP contribution in [0.1, 0.15) is 13.8 Å². The third-order valence-electron chi connectivity index (χ3n) is 12.5. The van der Waals surface area contributed by atoms with Crippen LogP contribution in [-0.4, -0.2) is 284 Å². The number of carbonyl (C=O) groups is 5. The quantitative estimate of drug-likeness (QED) is 0.0401. The van der Waals surface area contributed by atoms with Crippen molar-refractivity contribution >= 4 is 56.2 Å². The van der Waals surface area contributed by atoms with E-state index in [1.165, 1.54) is 24.3 Å². The zero-order chi connectivity index (χ0) is 59.6. The molecule has 1 aromatic carbocycles. The van der Waals surface area contributed by atoms with Gasteiger partial charge in [0.05, 0.1) is 13.2 Å². The van der Waals surface area contributed by atoms with Crippen LogP contribution in [0.3, 0.4) is 0 Å². The van der Waals surface area contributed by atoms with Crippen molar-refractivity contribution in [3.05, 3.63) is 24.3 Å². The summed E-state index contributed by atoms with van der Waals surface area (Å²) in [5.74, 6) is -8.13. The summed E-state index contributed by atoms with van der Waals surface area (Å²) in [5, 5.41) is 135. The van der Waals surface area contributed by atoms with E-state index in [0.717, 1.165) is 13.8 Å². The Morgan fingerprint density at radius 2 is 0.825 bits per heavy atom. The number of rotatable bonds is 21. The number of nitrogen functional groups attached to an aromatic ring is 1. The van der Waals surface area contributed by atoms with Crippen molar-refractivity contribution in [1.82, 2.24) is 10.6 Å². The number of benzene rings is 1. The number of hydrogen-bond acceptors (Lipinski definition) is 31. The maximum absolute atomic E-state index is 13.0. The predicted molar refractivity (Wildman–Crippen MR) is 241 cm³/mol. The molecule has 2 amide bonds. The van der Waals surface area contributed by atoms with Crippen LogP contribution in [0.4, 0.5) is 5.69 Å². The summed E-state index contributed by atoms with van der Waals surface area (Å²) < 4.78 is 130. The predicted octanol–water partition coefficient (Wildman–Crippen LogP) is -10.0. The van der Waals surface area contributed by atoms with E-state index in [1.54, 1.807) is 0 Å². The highest BCUT2D eigenvalue weighted by Crippen LogP contribution is 2.37. The molecular weight excluding hydrogens is 1150 g/mol. The van der Waals surface area contributed by atoms with Crippen molar-refractivity contribution in [2.45, 2.75) is 167 Å². The molecule has 40 heteroatoms. The summed E-state index contributed by atoms with van der Waals surface area (Å²) in [4.78, 5) is 62.9. The van der Waals surface area contributed by atoms with Gasteiger partial charge < -0.3 is 125 Å². The summed E-state index contributed by atoms with van der Waals surface area (Å²) in [6.45, 7) is -1.14. The molecule has 38 nitrogen and oxygen atoms in total. The number of aliphatic hydroxyl groups is 9. The number of carbonyl (C=O) groups excluding carboxylic acids is 2. The van der Waals surface area contributed by atoms with Crippen LogP contribution < -0.4 is 21.1 Å². The molecule has 0 spiro atoms. The van der Waals surface area contributed by atoms with Crippen LogP contribution in [0, 0.1) is 0 Å². The molecule has 18 N–H and O–H groups in total. The Hall–Kier alpha value is -4.81. The number of ether oxygens (including phenoxy) is 10. The Balaban J connectivity index is 1.32. The highest BCUT2D eigenvalue weighted by atomic mass is 32.3. The second kappa shape index (κ2) is 26.2. The number of aliphatic hydroxyl groups excluding tert-OH is 9. The second-order valence-corrected chi connectivity index (χ2v) is 20.4. The molecule has 5 aliphatic heterocycles. The van der Waals surface area contributed by atoms with Gasteiger partial charge in [-0.25, -0.2) is 22.7 Å². The molecule has 25 atom stereocenters. The van der Waals surface area contributed by atoms with E-state index >= 15 is 0 Å². The van der Waals surface area contributed by atoms with Gasteiger partial charge >= 0.3 is 38.7 Å². The van der Waals surface area contributed by atoms with Crippen LogP contribution in [-0.2, 0) is 95.8 Å². The summed E-state index contributed by atoms with van der Waals surface area (Å²) in [6.07, 6.45) is -54.4. The number of carboxylic acids is 3. The maximum atomic E-state index is 13.0. The third-order valence-corrected chi connectivity index (χ3v) is 13.4. The molecule has 454 valence electrons. The first-order valence-corrected chi connectivity index (χ1v) is 25.9. The van der Waals surface area contributed by atoms with Gasteiger partial charge in [-0.2, -0.15) is 16.8 Å². The average molecular weight is 1200 g/mol. The second-order valence-electron chi connectivity index (χ2n) is 18.3. The number of carboxylic acid groups (broad SMARTS) is 3. The van der Waals surface area contributed by atoms with Crippen molar-refractivity contribution in [2.24, 2.45) is 0 Å². The van der Waals surface area contributed by atoms with E-state index in [9.17, 15) is 111 Å². The SMILES string of the molecule is CC(=O)NC1[C@H](O[C@@H]2C(C(=O)O)O[C@@H](O[C@@H]3C(NC(C)=O)[C@H](O[C@@H]4C(C(=O)O)O[C@@H](Oc5ccc(N)cc5)C(O)[C@H]4O)OC(COS(=O)(=O)O)[C@@H]3O)C(O)[C@H]2O)OC(COS(=O)(=O)O)[C@H](O)[C@@H]1O[C@@H]1OC(C(=O)O)[C@@H](O)[C@H](O)C1O. The lowest BCUT2D eigenvalue weighted by atomic mass is 9.93. The van der Waals surface area contributed by atoms with E-state index in [1.807, 2.05) is 0 Å². The summed E-state index contributed by atoms with van der Waals surface area (Å²) in [5.41, 5.74) is 5.94. The van der Waals surface area contributed by atoms with Crippen molar-refractivity contribution in [3.63, 3.8) is 0 Å².